The molecule has 5 saturated carbocycles. The number of carbonyl (C=O) groups excluding carboxylic acids is 1. The number of esters is 1. The molecule has 0 saturated heterocycles. The van der Waals surface area contributed by atoms with E-state index < -0.39 is 11.4 Å². The zero-order valence-corrected chi connectivity index (χ0v) is 28.7. The highest BCUT2D eigenvalue weighted by atomic mass is 16.5. The average molecular weight is 583 g/mol. The van der Waals surface area contributed by atoms with E-state index in [4.69, 9.17) is 4.74 Å². The monoisotopic (exact) mass is 582 g/mol. The molecule has 0 aromatic carbocycles. The predicted octanol–water partition coefficient (Wildman–Crippen LogP) is 9.71. The van der Waals surface area contributed by atoms with Gasteiger partial charge >= 0.3 is 11.9 Å². The summed E-state index contributed by atoms with van der Waals surface area (Å²) in [5.41, 5.74) is 1.04. The number of carboxylic acid groups (broad SMARTS) is 1. The van der Waals surface area contributed by atoms with Crippen LogP contribution in [0.15, 0.2) is 12.2 Å². The van der Waals surface area contributed by atoms with E-state index in [2.05, 4.69) is 75.8 Å². The molecular formula is C38H62O4. The van der Waals surface area contributed by atoms with Crippen LogP contribution in [0.3, 0.4) is 0 Å². The molecule has 0 spiro atoms. The van der Waals surface area contributed by atoms with Crippen molar-refractivity contribution in [1.82, 2.24) is 0 Å². The van der Waals surface area contributed by atoms with Gasteiger partial charge in [0.2, 0.25) is 0 Å². The Balaban J connectivity index is 1.42. The molecule has 0 heterocycles. The molecule has 4 nitrogen and oxygen atoms in total. The summed E-state index contributed by atoms with van der Waals surface area (Å²) in [5, 5.41) is 10.6. The first-order valence-electron chi connectivity index (χ1n) is 17.4. The lowest BCUT2D eigenvalue weighted by atomic mass is 9.32. The summed E-state index contributed by atoms with van der Waals surface area (Å²) in [4.78, 5) is 26.1. The largest absolute Gasteiger partial charge is 0.481 e. The predicted molar refractivity (Wildman–Crippen MR) is 170 cm³/mol. The van der Waals surface area contributed by atoms with Crippen molar-refractivity contribution in [1.29, 1.82) is 0 Å². The molecule has 0 unspecified atom stereocenters. The van der Waals surface area contributed by atoms with Crippen LogP contribution in [0, 0.1) is 68.0 Å². The highest BCUT2D eigenvalue weighted by molar-refractivity contribution is 5.76. The smallest absolute Gasteiger partial charge is 0.309 e. The van der Waals surface area contributed by atoms with E-state index in [1.54, 1.807) is 0 Å². The molecule has 0 aliphatic heterocycles. The third kappa shape index (κ3) is 4.33. The lowest BCUT2D eigenvalue weighted by Gasteiger charge is -2.72. The fourth-order valence-corrected chi connectivity index (χ4v) is 12.5. The van der Waals surface area contributed by atoms with Crippen molar-refractivity contribution in [3.05, 3.63) is 12.2 Å². The zero-order valence-electron chi connectivity index (χ0n) is 28.7. The Kier molecular flexibility index (Phi) is 7.71. The van der Waals surface area contributed by atoms with Crippen molar-refractivity contribution in [2.75, 3.05) is 0 Å². The Morgan fingerprint density at radius 2 is 1.55 bits per heavy atom. The van der Waals surface area contributed by atoms with E-state index in [9.17, 15) is 14.7 Å². The number of fused-ring (bicyclic) bond motifs is 7. The van der Waals surface area contributed by atoms with Gasteiger partial charge in [0.15, 0.2) is 0 Å². The van der Waals surface area contributed by atoms with E-state index in [0.717, 1.165) is 44.9 Å². The van der Waals surface area contributed by atoms with Crippen molar-refractivity contribution in [3.63, 3.8) is 0 Å². The Morgan fingerprint density at radius 3 is 2.14 bits per heavy atom. The van der Waals surface area contributed by atoms with Crippen LogP contribution < -0.4 is 0 Å². The first-order valence-corrected chi connectivity index (χ1v) is 17.4. The quantitative estimate of drug-likeness (QED) is 0.250. The number of carboxylic acids is 1. The minimum atomic E-state index is -0.563. The van der Waals surface area contributed by atoms with Crippen LogP contribution in [0.4, 0.5) is 0 Å². The molecule has 5 aliphatic rings. The molecule has 238 valence electrons. The Labute approximate surface area is 257 Å². The molecule has 5 fully saturated rings. The van der Waals surface area contributed by atoms with Gasteiger partial charge in [-0.25, -0.2) is 0 Å². The van der Waals surface area contributed by atoms with Gasteiger partial charge in [-0.15, -0.1) is 0 Å². The molecule has 10 atom stereocenters. The second-order valence-electron chi connectivity index (χ2n) is 18.3. The van der Waals surface area contributed by atoms with Crippen LogP contribution >= 0.6 is 0 Å². The number of hydrogen-bond acceptors (Lipinski definition) is 3. The second kappa shape index (κ2) is 10.1. The summed E-state index contributed by atoms with van der Waals surface area (Å²) in [6, 6.07) is 0. The molecular weight excluding hydrogens is 520 g/mol. The summed E-state index contributed by atoms with van der Waals surface area (Å²) in [6.45, 7) is 27.8. The Hall–Kier alpha value is -1.32. The van der Waals surface area contributed by atoms with Crippen molar-refractivity contribution >= 4 is 11.9 Å². The summed E-state index contributed by atoms with van der Waals surface area (Å²) in [5.74, 6) is 1.98. The molecule has 0 bridgehead atoms. The standard InChI is InChI=1S/C38H62O4/c1-23(2)25-14-19-38(32(40)41)21-20-36(10)26(31(25)38)12-13-28-35(9)17-16-29(42-30(39)22-33(5,6)24(3)4)34(7,8)27(35)15-18-37(28,36)11/h24-29,31H,1,12-22H2,2-11H3,(H,40,41)/t25-,26+,27-,28+,29-,31+,35-,36+,37+,38-/m0/s1. The van der Waals surface area contributed by atoms with Gasteiger partial charge < -0.3 is 9.84 Å². The Morgan fingerprint density at radius 1 is 0.881 bits per heavy atom. The van der Waals surface area contributed by atoms with Gasteiger partial charge in [0, 0.05) is 5.41 Å². The number of allylic oxidation sites excluding steroid dienone is 1. The third-order valence-corrected chi connectivity index (χ3v) is 15.9. The minimum absolute atomic E-state index is 0.0250. The van der Waals surface area contributed by atoms with Crippen LogP contribution in [-0.4, -0.2) is 23.1 Å². The lowest BCUT2D eigenvalue weighted by Crippen LogP contribution is -2.67. The van der Waals surface area contributed by atoms with Gasteiger partial charge in [-0.2, -0.15) is 0 Å². The van der Waals surface area contributed by atoms with Crippen LogP contribution in [-0.2, 0) is 14.3 Å². The van der Waals surface area contributed by atoms with Gasteiger partial charge in [0.25, 0.3) is 0 Å². The van der Waals surface area contributed by atoms with E-state index in [1.165, 1.54) is 24.8 Å². The highest BCUT2D eigenvalue weighted by Gasteiger charge is 2.72. The summed E-state index contributed by atoms with van der Waals surface area (Å²) < 4.78 is 6.37. The number of hydrogen-bond donors (Lipinski definition) is 1. The lowest BCUT2D eigenvalue weighted by molar-refractivity contribution is -0.250. The first kappa shape index (κ1) is 32.1. The second-order valence-corrected chi connectivity index (χ2v) is 18.3. The van der Waals surface area contributed by atoms with Gasteiger partial charge in [-0.1, -0.05) is 74.5 Å². The van der Waals surface area contributed by atoms with E-state index in [1.807, 2.05) is 0 Å². The SMILES string of the molecule is C=C(C)[C@@H]1CC[C@]2(C(=O)O)CC[C@]3(C)[C@H](CC[C@@H]4[C@@]5(C)CC[C@H](OC(=O)CC(C)(C)C(C)C)C(C)(C)[C@@H]5CC[C@]43C)[C@@H]12. The molecule has 0 amide bonds. The maximum atomic E-state index is 13.2. The highest BCUT2D eigenvalue weighted by Crippen LogP contribution is 2.77. The minimum Gasteiger partial charge on any atom is -0.481 e. The van der Waals surface area contributed by atoms with Gasteiger partial charge in [-0.05, 0) is 128 Å². The van der Waals surface area contributed by atoms with E-state index in [-0.39, 0.29) is 45.1 Å². The molecule has 0 aromatic rings. The third-order valence-electron chi connectivity index (χ3n) is 15.9. The van der Waals surface area contributed by atoms with Gasteiger partial charge in [-0.3, -0.25) is 9.59 Å². The molecule has 5 aliphatic carbocycles. The number of rotatable bonds is 6. The van der Waals surface area contributed by atoms with E-state index in [0.29, 0.717) is 36.0 Å². The number of carbonyl (C=O) groups is 2. The topological polar surface area (TPSA) is 63.6 Å². The molecule has 0 radical (unpaired) electrons. The van der Waals surface area contributed by atoms with Crippen LogP contribution in [0.25, 0.3) is 0 Å². The first-order chi connectivity index (χ1) is 19.3. The fraction of sp³-hybridized carbons (Fsp3) is 0.895. The summed E-state index contributed by atoms with van der Waals surface area (Å²) in [7, 11) is 0. The molecule has 4 heteroatoms. The zero-order chi connectivity index (χ0) is 31.3. The van der Waals surface area contributed by atoms with Crippen LogP contribution in [0.1, 0.15) is 140 Å². The number of ether oxygens (including phenoxy) is 1. The fourth-order valence-electron chi connectivity index (χ4n) is 12.5. The molecule has 0 aromatic heterocycles. The van der Waals surface area contributed by atoms with Gasteiger partial charge in [0.05, 0.1) is 11.8 Å². The molecule has 42 heavy (non-hydrogen) atoms. The van der Waals surface area contributed by atoms with Crippen molar-refractivity contribution in [3.8, 4) is 0 Å². The van der Waals surface area contributed by atoms with Crippen molar-refractivity contribution in [2.24, 2.45) is 68.0 Å². The maximum absolute atomic E-state index is 13.2. The van der Waals surface area contributed by atoms with Gasteiger partial charge in [0.1, 0.15) is 6.10 Å². The van der Waals surface area contributed by atoms with Crippen molar-refractivity contribution in [2.45, 2.75) is 146 Å². The molecule has 5 rings (SSSR count). The van der Waals surface area contributed by atoms with Crippen LogP contribution in [0.2, 0.25) is 0 Å². The maximum Gasteiger partial charge on any atom is 0.309 e. The molecule has 1 N–H and O–H groups in total. The summed E-state index contributed by atoms with van der Waals surface area (Å²) in [6.07, 6.45) is 10.9. The van der Waals surface area contributed by atoms with Crippen molar-refractivity contribution < 1.29 is 19.4 Å². The van der Waals surface area contributed by atoms with Crippen LogP contribution in [0.5, 0.6) is 0 Å². The number of aliphatic carboxylic acids is 1. The normalized spacial score (nSPS) is 46.2. The summed E-state index contributed by atoms with van der Waals surface area (Å²) >= 11 is 0. The Bertz CT molecular complexity index is 1120. The van der Waals surface area contributed by atoms with E-state index >= 15 is 0 Å². The average Bonchev–Trinajstić information content (AvgIpc) is 3.27.